The third kappa shape index (κ3) is 7.10. The van der Waals surface area contributed by atoms with E-state index in [0.29, 0.717) is 12.8 Å². The van der Waals surface area contributed by atoms with Gasteiger partial charge < -0.3 is 10.2 Å². The first-order chi connectivity index (χ1) is 15.5. The van der Waals surface area contributed by atoms with Gasteiger partial charge in [0.1, 0.15) is 0 Å². The van der Waals surface area contributed by atoms with E-state index in [1.807, 2.05) is 11.8 Å². The Labute approximate surface area is 202 Å². The minimum Gasteiger partial charge on any atom is -0.481 e. The Morgan fingerprint density at radius 2 is 1.12 bits per heavy atom. The molecule has 2 aromatic rings. The molecule has 2 N–H and O–H groups in total. The summed E-state index contributed by atoms with van der Waals surface area (Å²) in [5, 5.41) is 18.0. The first-order valence-corrected chi connectivity index (χ1v) is 12.7. The predicted molar refractivity (Wildman–Crippen MR) is 136 cm³/mol. The maximum atomic E-state index is 11.0. The monoisotopic (exact) mass is 470 g/mol. The van der Waals surface area contributed by atoms with E-state index < -0.39 is 11.9 Å². The van der Waals surface area contributed by atoms with Crippen molar-refractivity contribution >= 4 is 23.7 Å². The number of hydrogen-bond donors (Lipinski definition) is 2. The number of benzene rings is 2. The van der Waals surface area contributed by atoms with E-state index in [1.54, 1.807) is 0 Å². The smallest absolute Gasteiger partial charge is 0.303 e. The number of aryl methyl sites for hydroxylation is 2. The van der Waals surface area contributed by atoms with E-state index >= 15 is 0 Å². The molecule has 2 aromatic carbocycles. The maximum Gasteiger partial charge on any atom is 0.303 e. The van der Waals surface area contributed by atoms with Crippen molar-refractivity contribution < 1.29 is 19.8 Å². The average Bonchev–Trinajstić information content (AvgIpc) is 2.75. The van der Waals surface area contributed by atoms with E-state index in [1.165, 1.54) is 54.3 Å². The molecule has 2 rings (SSSR count). The van der Waals surface area contributed by atoms with Crippen molar-refractivity contribution in [2.45, 2.75) is 103 Å². The highest BCUT2D eigenvalue weighted by atomic mass is 32.2. The normalized spacial score (nSPS) is 11.1. The molecule has 0 unspecified atom stereocenters. The molecule has 0 spiro atoms. The topological polar surface area (TPSA) is 74.6 Å². The molecular formula is C28H38O4S. The summed E-state index contributed by atoms with van der Waals surface area (Å²) in [6.45, 7) is 13.1. The standard InChI is InChI=1S/C28H38O4S/c1-17-15-16-18(2)27(19(17)3)33-28-21(5)20(4)23(11-7-9-13-25(29)30)24(22(28)6)12-8-10-14-26(31)32/h15-16H,7-14H2,1-6H3,(H,29,30)(H,31,32). The van der Waals surface area contributed by atoms with Gasteiger partial charge in [0, 0.05) is 22.6 Å². The molecule has 0 radical (unpaired) electrons. The fourth-order valence-electron chi connectivity index (χ4n) is 4.44. The summed E-state index contributed by atoms with van der Waals surface area (Å²) in [6, 6.07) is 4.36. The van der Waals surface area contributed by atoms with Gasteiger partial charge in [-0.1, -0.05) is 23.9 Å². The molecule has 0 bridgehead atoms. The lowest BCUT2D eigenvalue weighted by Gasteiger charge is -2.23. The van der Waals surface area contributed by atoms with Gasteiger partial charge in [0.25, 0.3) is 0 Å². The van der Waals surface area contributed by atoms with Crippen LogP contribution >= 0.6 is 11.8 Å². The highest BCUT2D eigenvalue weighted by Gasteiger charge is 2.19. The van der Waals surface area contributed by atoms with Gasteiger partial charge in [0.2, 0.25) is 0 Å². The zero-order valence-electron chi connectivity index (χ0n) is 20.9. The van der Waals surface area contributed by atoms with Gasteiger partial charge in [-0.05, 0) is 125 Å². The third-order valence-corrected chi connectivity index (χ3v) is 8.37. The van der Waals surface area contributed by atoms with Crippen LogP contribution in [0.15, 0.2) is 21.9 Å². The minimum absolute atomic E-state index is 0.196. The lowest BCUT2D eigenvalue weighted by molar-refractivity contribution is -0.138. The second-order valence-electron chi connectivity index (χ2n) is 9.12. The van der Waals surface area contributed by atoms with Crippen LogP contribution in [0, 0.1) is 41.5 Å². The Kier molecular flexibility index (Phi) is 10.0. The Balaban J connectivity index is 2.45. The van der Waals surface area contributed by atoms with Gasteiger partial charge in [-0.25, -0.2) is 0 Å². The lowest BCUT2D eigenvalue weighted by atomic mass is 9.87. The van der Waals surface area contributed by atoms with Crippen LogP contribution in [0.2, 0.25) is 0 Å². The summed E-state index contributed by atoms with van der Waals surface area (Å²) in [5.41, 5.74) is 10.4. The van der Waals surface area contributed by atoms with Crippen molar-refractivity contribution in [3.05, 3.63) is 56.6 Å². The molecule has 0 aromatic heterocycles. The van der Waals surface area contributed by atoms with Crippen LogP contribution in [0.3, 0.4) is 0 Å². The van der Waals surface area contributed by atoms with Crippen molar-refractivity contribution in [1.29, 1.82) is 0 Å². The molecule has 0 aliphatic carbocycles. The number of carboxylic acid groups (broad SMARTS) is 2. The first kappa shape index (κ1) is 27.0. The van der Waals surface area contributed by atoms with Gasteiger partial charge in [-0.2, -0.15) is 0 Å². The summed E-state index contributed by atoms with van der Waals surface area (Å²) in [5.74, 6) is -1.49. The van der Waals surface area contributed by atoms with Crippen molar-refractivity contribution in [1.82, 2.24) is 0 Å². The number of aliphatic carboxylic acids is 2. The first-order valence-electron chi connectivity index (χ1n) is 11.8. The molecule has 0 fully saturated rings. The zero-order chi connectivity index (χ0) is 24.7. The molecule has 4 nitrogen and oxygen atoms in total. The van der Waals surface area contributed by atoms with Gasteiger partial charge in [0.15, 0.2) is 0 Å². The van der Waals surface area contributed by atoms with Crippen LogP contribution in [-0.4, -0.2) is 22.2 Å². The summed E-state index contributed by atoms with van der Waals surface area (Å²) in [6.07, 6.45) is 5.13. The summed E-state index contributed by atoms with van der Waals surface area (Å²) >= 11 is 1.85. The van der Waals surface area contributed by atoms with Crippen LogP contribution in [-0.2, 0) is 22.4 Å². The summed E-state index contributed by atoms with van der Waals surface area (Å²) in [7, 11) is 0. The molecule has 0 atom stereocenters. The molecule has 0 amide bonds. The number of hydrogen-bond acceptors (Lipinski definition) is 3. The molecule has 0 saturated carbocycles. The Morgan fingerprint density at radius 3 is 1.64 bits per heavy atom. The Bertz CT molecular complexity index is 1020. The molecule has 0 heterocycles. The van der Waals surface area contributed by atoms with Crippen LogP contribution in [0.1, 0.15) is 83.0 Å². The van der Waals surface area contributed by atoms with E-state index in [9.17, 15) is 9.59 Å². The molecule has 0 aliphatic heterocycles. The van der Waals surface area contributed by atoms with Crippen LogP contribution in [0.25, 0.3) is 0 Å². The third-order valence-electron chi connectivity index (χ3n) is 6.73. The highest BCUT2D eigenvalue weighted by molar-refractivity contribution is 7.99. The van der Waals surface area contributed by atoms with E-state index in [-0.39, 0.29) is 12.8 Å². The summed E-state index contributed by atoms with van der Waals surface area (Å²) < 4.78 is 0. The zero-order valence-corrected chi connectivity index (χ0v) is 21.7. The fourth-order valence-corrected chi connectivity index (χ4v) is 5.77. The van der Waals surface area contributed by atoms with Crippen LogP contribution in [0.5, 0.6) is 0 Å². The average molecular weight is 471 g/mol. The SMILES string of the molecule is Cc1ccc(C)c(Sc2c(C)c(C)c(CCCCC(=O)O)c(CCCCC(=O)O)c2C)c1C. The Morgan fingerprint density at radius 1 is 0.636 bits per heavy atom. The van der Waals surface area contributed by atoms with E-state index in [0.717, 1.165) is 25.7 Å². The lowest BCUT2D eigenvalue weighted by Crippen LogP contribution is -2.07. The second-order valence-corrected chi connectivity index (χ2v) is 10.1. The van der Waals surface area contributed by atoms with Crippen molar-refractivity contribution in [3.8, 4) is 0 Å². The largest absolute Gasteiger partial charge is 0.481 e. The highest BCUT2D eigenvalue weighted by Crippen LogP contribution is 2.41. The van der Waals surface area contributed by atoms with Gasteiger partial charge in [-0.3, -0.25) is 9.59 Å². The van der Waals surface area contributed by atoms with Crippen LogP contribution < -0.4 is 0 Å². The Hall–Kier alpha value is -2.27. The van der Waals surface area contributed by atoms with Gasteiger partial charge in [0.05, 0.1) is 0 Å². The number of carboxylic acids is 2. The molecule has 5 heteroatoms. The summed E-state index contributed by atoms with van der Waals surface area (Å²) in [4.78, 5) is 24.5. The number of unbranched alkanes of at least 4 members (excludes halogenated alkanes) is 2. The van der Waals surface area contributed by atoms with Gasteiger partial charge >= 0.3 is 11.9 Å². The molecule has 0 saturated heterocycles. The maximum absolute atomic E-state index is 11.0. The molecule has 180 valence electrons. The fraction of sp³-hybridized carbons (Fsp3) is 0.500. The quantitative estimate of drug-likeness (QED) is 0.319. The molecule has 33 heavy (non-hydrogen) atoms. The molecule has 0 aliphatic rings. The molecular weight excluding hydrogens is 432 g/mol. The van der Waals surface area contributed by atoms with Crippen LogP contribution in [0.4, 0.5) is 0 Å². The van der Waals surface area contributed by atoms with Gasteiger partial charge in [-0.15, -0.1) is 0 Å². The van der Waals surface area contributed by atoms with Crippen molar-refractivity contribution in [2.75, 3.05) is 0 Å². The predicted octanol–water partition coefficient (Wildman–Crippen LogP) is 7.28. The number of rotatable bonds is 12. The number of carbonyl (C=O) groups is 2. The van der Waals surface area contributed by atoms with Crippen molar-refractivity contribution in [2.24, 2.45) is 0 Å². The van der Waals surface area contributed by atoms with Crippen molar-refractivity contribution in [3.63, 3.8) is 0 Å². The minimum atomic E-state index is -0.748. The van der Waals surface area contributed by atoms with E-state index in [4.69, 9.17) is 10.2 Å². The second kappa shape index (κ2) is 12.3. The van der Waals surface area contributed by atoms with E-state index in [2.05, 4.69) is 53.7 Å².